The molecular weight excluding hydrogens is 683 g/mol. The smallest absolute Gasteiger partial charge is 0.235 e. The van der Waals surface area contributed by atoms with Gasteiger partial charge in [0.05, 0.1) is 33.3 Å². The molecule has 260 valence electrons. The van der Waals surface area contributed by atoms with Gasteiger partial charge in [-0.1, -0.05) is 158 Å². The molecule has 0 amide bonds. The van der Waals surface area contributed by atoms with Crippen LogP contribution in [0.4, 0.5) is 0 Å². The van der Waals surface area contributed by atoms with Crippen molar-refractivity contribution < 1.29 is 0 Å². The number of rotatable bonds is 4. The van der Waals surface area contributed by atoms with E-state index >= 15 is 0 Å². The predicted molar refractivity (Wildman–Crippen MR) is 232 cm³/mol. The number of fused-ring (bicyclic) bond motifs is 13. The van der Waals surface area contributed by atoms with E-state index in [4.69, 9.17) is 15.0 Å². The third-order valence-electron chi connectivity index (χ3n) is 11.3. The molecule has 0 saturated heterocycles. The van der Waals surface area contributed by atoms with E-state index in [0.29, 0.717) is 5.95 Å². The number of benzene rings is 9. The Kier molecular flexibility index (Phi) is 6.56. The minimum Gasteiger partial charge on any atom is -0.292 e. The van der Waals surface area contributed by atoms with Crippen LogP contribution in [0.2, 0.25) is 0 Å². The summed E-state index contributed by atoms with van der Waals surface area (Å²) in [5.74, 6) is 1.55. The first-order valence-electron chi connectivity index (χ1n) is 19.0. The van der Waals surface area contributed by atoms with Crippen LogP contribution in [0.25, 0.3) is 110 Å². The summed E-state index contributed by atoms with van der Waals surface area (Å²) in [7, 11) is 0. The fourth-order valence-electron chi connectivity index (χ4n) is 8.94. The van der Waals surface area contributed by atoms with Crippen molar-refractivity contribution in [2.24, 2.45) is 0 Å². The molecule has 0 saturated carbocycles. The zero-order valence-electron chi connectivity index (χ0n) is 30.1. The van der Waals surface area contributed by atoms with Gasteiger partial charge < -0.3 is 0 Å². The maximum atomic E-state index is 5.44. The summed E-state index contributed by atoms with van der Waals surface area (Å²) >= 11 is 0. The maximum Gasteiger partial charge on any atom is 0.235 e. The SMILES string of the molecule is c1ccc(-c2nc(-n3c4ccccc4c4ccc5c6ccccc6c6c(ccc7nc(-c8ccccc8)n(-c8ccccc8)c76)c5c43)nc3ccccc23)cc1. The summed E-state index contributed by atoms with van der Waals surface area (Å²) in [6.07, 6.45) is 0. The highest BCUT2D eigenvalue weighted by atomic mass is 15.2. The molecule has 0 aliphatic heterocycles. The molecule has 0 aliphatic carbocycles. The molecule has 0 atom stereocenters. The second kappa shape index (κ2) is 11.9. The monoisotopic (exact) mass is 713 g/mol. The first kappa shape index (κ1) is 30.8. The van der Waals surface area contributed by atoms with E-state index in [0.717, 1.165) is 88.2 Å². The Hall–Kier alpha value is -7.63. The molecule has 5 heteroatoms. The highest BCUT2D eigenvalue weighted by molar-refractivity contribution is 6.36. The first-order valence-corrected chi connectivity index (χ1v) is 19.0. The topological polar surface area (TPSA) is 48.5 Å². The zero-order chi connectivity index (χ0) is 36.7. The predicted octanol–water partition coefficient (Wildman–Crippen LogP) is 12.9. The summed E-state index contributed by atoms with van der Waals surface area (Å²) in [5, 5.41) is 10.4. The summed E-state index contributed by atoms with van der Waals surface area (Å²) in [6, 6.07) is 66.4. The molecule has 3 heterocycles. The average Bonchev–Trinajstić information content (AvgIpc) is 3.83. The van der Waals surface area contributed by atoms with Crippen LogP contribution in [-0.2, 0) is 0 Å². The molecule has 0 fully saturated rings. The normalized spacial score (nSPS) is 11.9. The van der Waals surface area contributed by atoms with Crippen molar-refractivity contribution in [1.82, 2.24) is 24.1 Å². The lowest BCUT2D eigenvalue weighted by Gasteiger charge is -2.17. The molecule has 0 aliphatic rings. The number of aromatic nitrogens is 5. The third-order valence-corrected chi connectivity index (χ3v) is 11.3. The highest BCUT2D eigenvalue weighted by Gasteiger charge is 2.24. The Morgan fingerprint density at radius 2 is 0.893 bits per heavy atom. The molecule has 0 unspecified atom stereocenters. The van der Waals surface area contributed by atoms with Crippen molar-refractivity contribution in [3.8, 4) is 34.3 Å². The van der Waals surface area contributed by atoms with E-state index in [-0.39, 0.29) is 0 Å². The minimum atomic E-state index is 0.643. The van der Waals surface area contributed by atoms with Gasteiger partial charge in [-0.25, -0.2) is 15.0 Å². The van der Waals surface area contributed by atoms with Crippen LogP contribution in [0.15, 0.2) is 188 Å². The molecule has 0 bridgehead atoms. The Labute approximate surface area is 321 Å². The number of hydrogen-bond acceptors (Lipinski definition) is 3. The van der Waals surface area contributed by atoms with Crippen molar-refractivity contribution in [3.05, 3.63) is 188 Å². The van der Waals surface area contributed by atoms with Crippen LogP contribution in [-0.4, -0.2) is 24.1 Å². The van der Waals surface area contributed by atoms with Gasteiger partial charge in [0.15, 0.2) is 0 Å². The average molecular weight is 714 g/mol. The van der Waals surface area contributed by atoms with Gasteiger partial charge in [-0.3, -0.25) is 9.13 Å². The molecular formula is C51H31N5. The number of nitrogens with zero attached hydrogens (tertiary/aromatic N) is 5. The van der Waals surface area contributed by atoms with E-state index < -0.39 is 0 Å². The number of imidazole rings is 1. The molecule has 12 aromatic rings. The lowest BCUT2D eigenvalue weighted by Crippen LogP contribution is -2.04. The molecule has 0 N–H and O–H groups in total. The van der Waals surface area contributed by atoms with Gasteiger partial charge in [0.1, 0.15) is 5.82 Å². The molecule has 56 heavy (non-hydrogen) atoms. The van der Waals surface area contributed by atoms with E-state index in [1.165, 1.54) is 16.2 Å². The summed E-state index contributed by atoms with van der Waals surface area (Å²) in [5.41, 5.74) is 9.18. The quantitative estimate of drug-likeness (QED) is 0.171. The molecule has 12 rings (SSSR count). The standard InChI is InChI=1S/C51H31N5/c1-4-16-32(17-5-1)47-40-25-12-14-26-42(40)53-51(54-47)56-44-27-15-13-23-36(44)39-29-28-38-35-22-10-11-24-37(35)46-41(45(38)48(39)56)30-31-43-49(46)55(34-20-8-3-9-21-34)50(52-43)33-18-6-2-7-19-33/h1-31H. The molecule has 5 nitrogen and oxygen atoms in total. The largest absolute Gasteiger partial charge is 0.292 e. The van der Waals surface area contributed by atoms with E-state index in [9.17, 15) is 0 Å². The first-order chi connectivity index (χ1) is 27.8. The Bertz CT molecular complexity index is 3510. The third kappa shape index (κ3) is 4.39. The molecule has 9 aromatic carbocycles. The van der Waals surface area contributed by atoms with E-state index in [2.05, 4.69) is 191 Å². The van der Waals surface area contributed by atoms with Gasteiger partial charge in [-0.05, 0) is 51.9 Å². The van der Waals surface area contributed by atoms with Gasteiger partial charge in [0.2, 0.25) is 5.95 Å². The van der Waals surface area contributed by atoms with Crippen molar-refractivity contribution >= 4 is 76.1 Å². The van der Waals surface area contributed by atoms with Gasteiger partial charge >= 0.3 is 0 Å². The minimum absolute atomic E-state index is 0.643. The Morgan fingerprint density at radius 3 is 1.68 bits per heavy atom. The van der Waals surface area contributed by atoms with Crippen LogP contribution in [0.3, 0.4) is 0 Å². The van der Waals surface area contributed by atoms with E-state index in [1.807, 2.05) is 6.07 Å². The van der Waals surface area contributed by atoms with Gasteiger partial charge in [-0.2, -0.15) is 0 Å². The van der Waals surface area contributed by atoms with Crippen LogP contribution in [0, 0.1) is 0 Å². The number of hydrogen-bond donors (Lipinski definition) is 0. The van der Waals surface area contributed by atoms with Gasteiger partial charge in [0.25, 0.3) is 0 Å². The van der Waals surface area contributed by atoms with Gasteiger partial charge in [-0.15, -0.1) is 0 Å². The van der Waals surface area contributed by atoms with Crippen molar-refractivity contribution in [1.29, 1.82) is 0 Å². The second-order valence-electron chi connectivity index (χ2n) is 14.4. The van der Waals surface area contributed by atoms with Crippen LogP contribution < -0.4 is 0 Å². The summed E-state index contributed by atoms with van der Waals surface area (Å²) in [6.45, 7) is 0. The zero-order valence-corrected chi connectivity index (χ0v) is 30.1. The van der Waals surface area contributed by atoms with Crippen LogP contribution >= 0.6 is 0 Å². The summed E-state index contributed by atoms with van der Waals surface area (Å²) < 4.78 is 4.65. The lowest BCUT2D eigenvalue weighted by atomic mass is 9.92. The fraction of sp³-hybridized carbons (Fsp3) is 0. The van der Waals surface area contributed by atoms with Crippen LogP contribution in [0.1, 0.15) is 0 Å². The van der Waals surface area contributed by atoms with E-state index in [1.54, 1.807) is 0 Å². The van der Waals surface area contributed by atoms with Gasteiger partial charge in [0, 0.05) is 43.7 Å². The molecule has 0 spiro atoms. The molecule has 0 radical (unpaired) electrons. The van der Waals surface area contributed by atoms with Crippen molar-refractivity contribution in [3.63, 3.8) is 0 Å². The maximum absolute atomic E-state index is 5.44. The second-order valence-corrected chi connectivity index (χ2v) is 14.4. The Morgan fingerprint density at radius 1 is 0.321 bits per heavy atom. The Balaban J connectivity index is 1.30. The highest BCUT2D eigenvalue weighted by Crippen LogP contribution is 2.46. The number of para-hydroxylation sites is 3. The lowest BCUT2D eigenvalue weighted by molar-refractivity contribution is 1.02. The van der Waals surface area contributed by atoms with Crippen LogP contribution in [0.5, 0.6) is 0 Å². The fourth-order valence-corrected chi connectivity index (χ4v) is 8.94. The van der Waals surface area contributed by atoms with Crippen molar-refractivity contribution in [2.75, 3.05) is 0 Å². The summed E-state index contributed by atoms with van der Waals surface area (Å²) in [4.78, 5) is 16.1. The van der Waals surface area contributed by atoms with Crippen molar-refractivity contribution in [2.45, 2.75) is 0 Å². The molecule has 3 aromatic heterocycles.